The van der Waals surface area contributed by atoms with Gasteiger partial charge in [-0.2, -0.15) is 0 Å². The molecule has 3 N–H and O–H groups in total. The van der Waals surface area contributed by atoms with E-state index in [0.717, 1.165) is 13.2 Å². The van der Waals surface area contributed by atoms with Crippen LogP contribution in [0.4, 0.5) is 30.4 Å². The number of hydrogen-bond acceptors (Lipinski definition) is 5. The quantitative estimate of drug-likeness (QED) is 0.672. The van der Waals surface area contributed by atoms with E-state index in [4.69, 9.17) is 5.73 Å². The summed E-state index contributed by atoms with van der Waals surface area (Å²) in [6.07, 6.45) is 1.22. The van der Waals surface area contributed by atoms with Crippen molar-refractivity contribution in [3.05, 3.63) is 47.4 Å². The van der Waals surface area contributed by atoms with Crippen LogP contribution in [-0.2, 0) is 4.74 Å². The minimum atomic E-state index is -1.36. The van der Waals surface area contributed by atoms with Gasteiger partial charge in [-0.25, -0.2) is 22.9 Å². The average molecular weight is 297 g/mol. The lowest BCUT2D eigenvalue weighted by atomic mass is 10.2. The molecule has 2 rings (SSSR count). The van der Waals surface area contributed by atoms with Crippen molar-refractivity contribution < 1.29 is 22.7 Å². The van der Waals surface area contributed by atoms with Crippen molar-refractivity contribution in [3.8, 4) is 0 Å². The molecule has 0 radical (unpaired) electrons. The molecule has 0 spiro atoms. The van der Waals surface area contributed by atoms with Crippen molar-refractivity contribution in [2.45, 2.75) is 0 Å². The van der Waals surface area contributed by atoms with Crippen LogP contribution in [0, 0.1) is 17.5 Å². The van der Waals surface area contributed by atoms with Gasteiger partial charge in [0.25, 0.3) is 0 Å². The molecule has 0 atom stereocenters. The van der Waals surface area contributed by atoms with Crippen molar-refractivity contribution in [1.29, 1.82) is 0 Å². The third-order valence-electron chi connectivity index (χ3n) is 2.64. The Kier molecular flexibility index (Phi) is 3.97. The highest BCUT2D eigenvalue weighted by molar-refractivity contribution is 5.97. The van der Waals surface area contributed by atoms with Crippen molar-refractivity contribution in [2.75, 3.05) is 18.2 Å². The summed E-state index contributed by atoms with van der Waals surface area (Å²) in [5.74, 6) is -4.47. The Labute approximate surface area is 117 Å². The number of nitrogens with one attached hydrogen (secondary N) is 1. The van der Waals surface area contributed by atoms with Gasteiger partial charge in [0.2, 0.25) is 0 Å². The van der Waals surface area contributed by atoms with Gasteiger partial charge in [-0.15, -0.1) is 0 Å². The number of nitrogen functional groups attached to an aromatic ring is 1. The van der Waals surface area contributed by atoms with E-state index in [9.17, 15) is 18.0 Å². The fourth-order valence-electron chi connectivity index (χ4n) is 1.64. The number of carbonyl (C=O) groups is 1. The lowest BCUT2D eigenvalue weighted by Gasteiger charge is -2.11. The Morgan fingerprint density at radius 1 is 1.33 bits per heavy atom. The highest BCUT2D eigenvalue weighted by Gasteiger charge is 2.17. The molecular weight excluding hydrogens is 287 g/mol. The molecule has 21 heavy (non-hydrogen) atoms. The largest absolute Gasteiger partial charge is 0.465 e. The highest BCUT2D eigenvalue weighted by atomic mass is 19.2. The number of rotatable bonds is 3. The molecule has 0 saturated heterocycles. The Hall–Kier alpha value is -2.77. The van der Waals surface area contributed by atoms with Gasteiger partial charge in [0.05, 0.1) is 24.0 Å². The minimum absolute atomic E-state index is 0.00715. The number of carbonyl (C=O) groups excluding carboxylic acids is 1. The second-order valence-corrected chi connectivity index (χ2v) is 3.99. The zero-order chi connectivity index (χ0) is 15.6. The number of halogens is 3. The lowest BCUT2D eigenvalue weighted by molar-refractivity contribution is 0.0602. The Balaban J connectivity index is 2.43. The van der Waals surface area contributed by atoms with Crippen LogP contribution in [0.15, 0.2) is 24.4 Å². The van der Waals surface area contributed by atoms with Crippen LogP contribution in [-0.4, -0.2) is 18.1 Å². The monoisotopic (exact) mass is 297 g/mol. The molecule has 8 heteroatoms. The molecule has 0 saturated carbocycles. The number of benzene rings is 1. The maximum Gasteiger partial charge on any atom is 0.340 e. The maximum atomic E-state index is 13.6. The summed E-state index contributed by atoms with van der Waals surface area (Å²) in [4.78, 5) is 15.3. The topological polar surface area (TPSA) is 77.2 Å². The van der Waals surface area contributed by atoms with Gasteiger partial charge < -0.3 is 15.8 Å². The second kappa shape index (κ2) is 5.70. The van der Waals surface area contributed by atoms with Gasteiger partial charge in [0, 0.05) is 18.3 Å². The summed E-state index contributed by atoms with van der Waals surface area (Å²) in [5, 5.41) is 2.34. The van der Waals surface area contributed by atoms with Crippen LogP contribution in [0.1, 0.15) is 10.4 Å². The number of esters is 1. The third-order valence-corrected chi connectivity index (χ3v) is 2.64. The third kappa shape index (κ3) is 2.88. The Morgan fingerprint density at radius 3 is 2.71 bits per heavy atom. The molecule has 5 nitrogen and oxygen atoms in total. The van der Waals surface area contributed by atoms with E-state index in [0.29, 0.717) is 6.07 Å². The summed E-state index contributed by atoms with van der Waals surface area (Å²) in [6.45, 7) is 0. The predicted octanol–water partition coefficient (Wildman–Crippen LogP) is 2.61. The summed E-state index contributed by atoms with van der Waals surface area (Å²) in [7, 11) is 1.16. The molecule has 110 valence electrons. The first-order valence-corrected chi connectivity index (χ1v) is 5.68. The predicted molar refractivity (Wildman–Crippen MR) is 69.6 cm³/mol. The number of nitrogens with zero attached hydrogens (tertiary/aromatic N) is 1. The molecule has 0 aliphatic rings. The summed E-state index contributed by atoms with van der Waals surface area (Å²) in [6, 6.07) is 2.45. The van der Waals surface area contributed by atoms with Gasteiger partial charge in [0.1, 0.15) is 5.82 Å². The number of anilines is 3. The molecule has 1 aromatic heterocycles. The van der Waals surface area contributed by atoms with E-state index in [2.05, 4.69) is 15.0 Å². The number of nitrogens with two attached hydrogens (primary N) is 1. The highest BCUT2D eigenvalue weighted by Crippen LogP contribution is 2.27. The summed E-state index contributed by atoms with van der Waals surface area (Å²) >= 11 is 0. The van der Waals surface area contributed by atoms with E-state index in [1.54, 1.807) is 0 Å². The fraction of sp³-hybridized carbons (Fsp3) is 0.0769. The molecule has 1 aromatic carbocycles. The first kappa shape index (κ1) is 14.6. The van der Waals surface area contributed by atoms with Crippen LogP contribution < -0.4 is 11.1 Å². The van der Waals surface area contributed by atoms with Crippen LogP contribution >= 0.6 is 0 Å². The first-order valence-electron chi connectivity index (χ1n) is 5.68. The zero-order valence-electron chi connectivity index (χ0n) is 10.8. The zero-order valence-corrected chi connectivity index (χ0v) is 10.8. The SMILES string of the molecule is COC(=O)c1ccnc(Nc2cc(F)cc(F)c2F)c1N. The molecule has 0 bridgehead atoms. The van der Waals surface area contributed by atoms with E-state index >= 15 is 0 Å². The van der Waals surface area contributed by atoms with Gasteiger partial charge in [-0.1, -0.05) is 0 Å². The fourth-order valence-corrected chi connectivity index (χ4v) is 1.64. The van der Waals surface area contributed by atoms with E-state index in [-0.39, 0.29) is 17.1 Å². The van der Waals surface area contributed by atoms with Crippen molar-refractivity contribution >= 4 is 23.2 Å². The smallest absolute Gasteiger partial charge is 0.340 e. The van der Waals surface area contributed by atoms with Crippen molar-refractivity contribution in [1.82, 2.24) is 4.98 Å². The standard InChI is InChI=1S/C13H10F3N3O2/c1-21-13(20)7-2-3-18-12(11(7)17)19-9-5-6(14)4-8(15)10(9)16/h2-5H,17H2,1H3,(H,18,19). The van der Waals surface area contributed by atoms with Crippen LogP contribution in [0.3, 0.4) is 0 Å². The Morgan fingerprint density at radius 2 is 2.05 bits per heavy atom. The molecule has 2 aromatic rings. The molecule has 1 heterocycles. The molecule has 0 fully saturated rings. The molecule has 0 aliphatic heterocycles. The normalized spacial score (nSPS) is 10.3. The van der Waals surface area contributed by atoms with E-state index in [1.165, 1.54) is 12.3 Å². The van der Waals surface area contributed by atoms with Crippen LogP contribution in [0.2, 0.25) is 0 Å². The molecular formula is C13H10F3N3O2. The maximum absolute atomic E-state index is 13.6. The van der Waals surface area contributed by atoms with Crippen molar-refractivity contribution in [2.24, 2.45) is 0 Å². The van der Waals surface area contributed by atoms with Gasteiger partial charge in [0.15, 0.2) is 17.5 Å². The van der Waals surface area contributed by atoms with Gasteiger partial charge >= 0.3 is 5.97 Å². The van der Waals surface area contributed by atoms with Crippen LogP contribution in [0.5, 0.6) is 0 Å². The van der Waals surface area contributed by atoms with Gasteiger partial charge in [-0.05, 0) is 6.07 Å². The molecule has 0 amide bonds. The van der Waals surface area contributed by atoms with E-state index < -0.39 is 29.1 Å². The van der Waals surface area contributed by atoms with Crippen molar-refractivity contribution in [3.63, 3.8) is 0 Å². The number of aromatic nitrogens is 1. The Bertz CT molecular complexity index is 707. The number of pyridine rings is 1. The van der Waals surface area contributed by atoms with E-state index in [1.807, 2.05) is 0 Å². The van der Waals surface area contributed by atoms with Gasteiger partial charge in [-0.3, -0.25) is 0 Å². The minimum Gasteiger partial charge on any atom is -0.465 e. The molecule has 0 unspecified atom stereocenters. The molecule has 0 aliphatic carbocycles. The lowest BCUT2D eigenvalue weighted by Crippen LogP contribution is -2.09. The average Bonchev–Trinajstić information content (AvgIpc) is 2.45. The number of methoxy groups -OCH3 is 1. The second-order valence-electron chi connectivity index (χ2n) is 3.99. The number of hydrogen-bond donors (Lipinski definition) is 2. The summed E-state index contributed by atoms with van der Waals surface area (Å²) < 4.78 is 44.3. The first-order chi connectivity index (χ1) is 9.93. The van der Waals surface area contributed by atoms with Crippen LogP contribution in [0.25, 0.3) is 0 Å². The number of ether oxygens (including phenoxy) is 1. The summed E-state index contributed by atoms with van der Waals surface area (Å²) in [5.41, 5.74) is 5.07.